The summed E-state index contributed by atoms with van der Waals surface area (Å²) in [6.45, 7) is 4.14. The summed E-state index contributed by atoms with van der Waals surface area (Å²) in [5.41, 5.74) is 0.751. The highest BCUT2D eigenvalue weighted by Gasteiger charge is 2.17. The number of allylic oxidation sites excluding steroid dienone is 1. The van der Waals surface area contributed by atoms with Crippen molar-refractivity contribution in [2.45, 2.75) is 11.7 Å². The van der Waals surface area contributed by atoms with E-state index in [4.69, 9.17) is 0 Å². The second kappa shape index (κ2) is 8.05. The van der Waals surface area contributed by atoms with E-state index in [9.17, 15) is 13.6 Å². The quantitative estimate of drug-likeness (QED) is 0.351. The highest BCUT2D eigenvalue weighted by Crippen LogP contribution is 2.25. The van der Waals surface area contributed by atoms with Gasteiger partial charge in [-0.2, -0.15) is 0 Å². The zero-order valence-corrected chi connectivity index (χ0v) is 14.5. The highest BCUT2D eigenvalue weighted by atomic mass is 32.2. The Morgan fingerprint density at radius 3 is 2.54 bits per heavy atom. The van der Waals surface area contributed by atoms with Crippen molar-refractivity contribution in [2.24, 2.45) is 0 Å². The summed E-state index contributed by atoms with van der Waals surface area (Å²) in [7, 11) is 0. The Morgan fingerprint density at radius 1 is 1.12 bits per heavy atom. The molecule has 0 atom stereocenters. The van der Waals surface area contributed by atoms with E-state index in [0.29, 0.717) is 23.1 Å². The van der Waals surface area contributed by atoms with Crippen LogP contribution in [0.5, 0.6) is 0 Å². The van der Waals surface area contributed by atoms with E-state index in [1.165, 1.54) is 42.1 Å². The number of nitrogens with zero attached hydrogens (tertiary/aromatic N) is 3. The third-order valence-electron chi connectivity index (χ3n) is 3.64. The van der Waals surface area contributed by atoms with Crippen LogP contribution >= 0.6 is 11.8 Å². The van der Waals surface area contributed by atoms with Crippen molar-refractivity contribution < 1.29 is 13.6 Å². The molecule has 0 unspecified atom stereocenters. The van der Waals surface area contributed by atoms with Crippen molar-refractivity contribution in [3.63, 3.8) is 0 Å². The summed E-state index contributed by atoms with van der Waals surface area (Å²) in [6, 6.07) is 11.8. The first-order valence-electron chi connectivity index (χ1n) is 7.80. The van der Waals surface area contributed by atoms with Gasteiger partial charge in [0.2, 0.25) is 0 Å². The van der Waals surface area contributed by atoms with Gasteiger partial charge in [-0.1, -0.05) is 30.0 Å². The minimum Gasteiger partial charge on any atom is -0.298 e. The normalized spacial score (nSPS) is 10.7. The van der Waals surface area contributed by atoms with Crippen LogP contribution in [-0.4, -0.2) is 26.3 Å². The summed E-state index contributed by atoms with van der Waals surface area (Å²) in [4.78, 5) is 12.2. The Kier molecular flexibility index (Phi) is 5.58. The van der Waals surface area contributed by atoms with Crippen molar-refractivity contribution in [1.82, 2.24) is 14.8 Å². The largest absolute Gasteiger partial charge is 0.298 e. The maximum absolute atomic E-state index is 13.7. The van der Waals surface area contributed by atoms with Crippen LogP contribution in [0.2, 0.25) is 0 Å². The van der Waals surface area contributed by atoms with Crippen molar-refractivity contribution >= 4 is 17.5 Å². The van der Waals surface area contributed by atoms with Gasteiger partial charge in [-0.25, -0.2) is 8.78 Å². The number of Topliss-reactive ketones (excluding diaryl/α,β-unsaturated/α-hetero) is 1. The fraction of sp³-hybridized carbons (Fsp3) is 0.105. The zero-order chi connectivity index (χ0) is 18.5. The molecule has 0 aliphatic heterocycles. The number of rotatable bonds is 7. The molecule has 0 spiro atoms. The first-order chi connectivity index (χ1) is 12.6. The molecule has 3 rings (SSSR count). The molecule has 0 aliphatic rings. The Bertz CT molecular complexity index is 938. The van der Waals surface area contributed by atoms with Gasteiger partial charge in [0.25, 0.3) is 0 Å². The molecule has 0 N–H and O–H groups in total. The van der Waals surface area contributed by atoms with Crippen LogP contribution in [0.3, 0.4) is 0 Å². The van der Waals surface area contributed by atoms with Crippen LogP contribution in [0.4, 0.5) is 8.78 Å². The van der Waals surface area contributed by atoms with Gasteiger partial charge in [0.15, 0.2) is 16.8 Å². The fourth-order valence-corrected chi connectivity index (χ4v) is 3.23. The maximum Gasteiger partial charge on any atom is 0.192 e. The molecule has 0 saturated carbocycles. The van der Waals surface area contributed by atoms with Crippen LogP contribution in [0.25, 0.3) is 11.4 Å². The van der Waals surface area contributed by atoms with E-state index < -0.39 is 5.82 Å². The second-order valence-electron chi connectivity index (χ2n) is 5.40. The molecule has 132 valence electrons. The fourth-order valence-electron chi connectivity index (χ4n) is 2.40. The van der Waals surface area contributed by atoms with Crippen LogP contribution in [-0.2, 0) is 6.54 Å². The molecule has 2 aromatic carbocycles. The van der Waals surface area contributed by atoms with E-state index in [0.717, 1.165) is 0 Å². The number of halogens is 2. The molecule has 0 saturated heterocycles. The second-order valence-corrected chi connectivity index (χ2v) is 6.35. The summed E-state index contributed by atoms with van der Waals surface area (Å²) < 4.78 is 28.6. The van der Waals surface area contributed by atoms with Gasteiger partial charge < -0.3 is 0 Å². The lowest BCUT2D eigenvalue weighted by molar-refractivity contribution is 0.101. The van der Waals surface area contributed by atoms with Gasteiger partial charge in [0.1, 0.15) is 11.6 Å². The molecule has 4 nitrogen and oxygen atoms in total. The molecule has 1 heterocycles. The first-order valence-corrected chi connectivity index (χ1v) is 8.79. The smallest absolute Gasteiger partial charge is 0.192 e. The number of hydrogen-bond acceptors (Lipinski definition) is 4. The van der Waals surface area contributed by atoms with E-state index >= 15 is 0 Å². The van der Waals surface area contributed by atoms with Gasteiger partial charge in [-0.05, 0) is 36.4 Å². The van der Waals surface area contributed by atoms with Crippen molar-refractivity contribution in [2.75, 3.05) is 5.75 Å². The lowest BCUT2D eigenvalue weighted by Gasteiger charge is -2.08. The number of hydrogen-bond donors (Lipinski definition) is 0. The highest BCUT2D eigenvalue weighted by molar-refractivity contribution is 7.99. The van der Waals surface area contributed by atoms with Crippen LogP contribution in [0.1, 0.15) is 10.4 Å². The predicted molar refractivity (Wildman–Crippen MR) is 97.1 cm³/mol. The number of aromatic nitrogens is 3. The van der Waals surface area contributed by atoms with Crippen LogP contribution in [0, 0.1) is 11.6 Å². The molecule has 3 aromatic rings. The van der Waals surface area contributed by atoms with E-state index in [2.05, 4.69) is 16.8 Å². The molecule has 0 amide bonds. The van der Waals surface area contributed by atoms with Gasteiger partial charge in [-0.3, -0.25) is 9.36 Å². The summed E-state index contributed by atoms with van der Waals surface area (Å²) in [5.74, 6) is -0.638. The van der Waals surface area contributed by atoms with E-state index in [-0.39, 0.29) is 22.9 Å². The van der Waals surface area contributed by atoms with Gasteiger partial charge in [0.05, 0.1) is 11.3 Å². The summed E-state index contributed by atoms with van der Waals surface area (Å²) >= 11 is 1.17. The Morgan fingerprint density at radius 2 is 1.85 bits per heavy atom. The zero-order valence-electron chi connectivity index (χ0n) is 13.7. The Hall–Kier alpha value is -2.80. The third kappa shape index (κ3) is 3.88. The lowest BCUT2D eigenvalue weighted by Crippen LogP contribution is -2.07. The number of carbonyl (C=O) groups is 1. The maximum atomic E-state index is 13.7. The molecule has 1 aromatic heterocycles. The van der Waals surface area contributed by atoms with Gasteiger partial charge in [-0.15, -0.1) is 16.8 Å². The van der Waals surface area contributed by atoms with Crippen LogP contribution in [0.15, 0.2) is 66.3 Å². The molecule has 0 fully saturated rings. The first kappa shape index (κ1) is 18.0. The molecule has 7 heteroatoms. The molecular weight excluding hydrogens is 356 g/mol. The average Bonchev–Trinajstić information content (AvgIpc) is 3.04. The molecule has 0 aliphatic carbocycles. The summed E-state index contributed by atoms with van der Waals surface area (Å²) in [6.07, 6.45) is 1.68. The summed E-state index contributed by atoms with van der Waals surface area (Å²) in [5, 5.41) is 8.76. The van der Waals surface area contributed by atoms with Crippen molar-refractivity contribution in [3.05, 3.63) is 78.4 Å². The van der Waals surface area contributed by atoms with Crippen molar-refractivity contribution in [3.8, 4) is 11.4 Å². The standard InChI is InChI=1S/C19H15F2N3OS/c1-2-11-24-18(13-7-9-14(20)10-8-13)22-23-19(24)26-12-17(25)15-5-3-4-6-16(15)21/h2-10H,1,11-12H2. The number of benzene rings is 2. The third-order valence-corrected chi connectivity index (χ3v) is 4.60. The lowest BCUT2D eigenvalue weighted by atomic mass is 10.1. The minimum absolute atomic E-state index is 0.0274. The SMILES string of the molecule is C=CCn1c(SCC(=O)c2ccccc2F)nnc1-c1ccc(F)cc1. The van der Waals surface area contributed by atoms with Gasteiger partial charge >= 0.3 is 0 Å². The number of ketones is 1. The van der Waals surface area contributed by atoms with Crippen molar-refractivity contribution in [1.29, 1.82) is 0 Å². The van der Waals surface area contributed by atoms with Gasteiger partial charge in [0, 0.05) is 12.1 Å². The molecule has 0 bridgehead atoms. The number of carbonyl (C=O) groups excluding carboxylic acids is 1. The topological polar surface area (TPSA) is 47.8 Å². The number of thioether (sulfide) groups is 1. The molecule has 26 heavy (non-hydrogen) atoms. The predicted octanol–water partition coefficient (Wildman–Crippen LogP) is 4.38. The monoisotopic (exact) mass is 371 g/mol. The van der Waals surface area contributed by atoms with E-state index in [1.807, 2.05) is 0 Å². The van der Waals surface area contributed by atoms with Crippen LogP contribution < -0.4 is 0 Å². The Balaban J connectivity index is 1.82. The molecular formula is C19H15F2N3OS. The Labute approximate surface area is 153 Å². The average molecular weight is 371 g/mol. The van der Waals surface area contributed by atoms with E-state index in [1.54, 1.807) is 28.8 Å². The molecule has 0 radical (unpaired) electrons. The minimum atomic E-state index is -0.544.